The van der Waals surface area contributed by atoms with E-state index >= 15 is 0 Å². The summed E-state index contributed by atoms with van der Waals surface area (Å²) in [4.78, 5) is 10.1. The Kier molecular flexibility index (Phi) is 4.26. The van der Waals surface area contributed by atoms with Crippen molar-refractivity contribution in [1.82, 2.24) is 9.88 Å². The van der Waals surface area contributed by atoms with Gasteiger partial charge in [-0.3, -0.25) is 4.90 Å². The summed E-state index contributed by atoms with van der Waals surface area (Å²) in [5.41, 5.74) is 2.58. The summed E-state index contributed by atoms with van der Waals surface area (Å²) in [5.74, 6) is 0.522. The molecular weight excluding hydrogens is 306 g/mol. The number of benzene rings is 1. The third-order valence-corrected chi connectivity index (χ3v) is 6.14. The maximum atomic E-state index is 5.48. The minimum atomic E-state index is 0.522. The lowest BCUT2D eigenvalue weighted by molar-refractivity contribution is 0.0209. The van der Waals surface area contributed by atoms with Crippen LogP contribution in [0.4, 0.5) is 5.13 Å². The van der Waals surface area contributed by atoms with Gasteiger partial charge >= 0.3 is 0 Å². The Hall–Kier alpha value is -1.17. The summed E-state index contributed by atoms with van der Waals surface area (Å²) in [6.07, 6.45) is 1.24. The van der Waals surface area contributed by atoms with Gasteiger partial charge in [0.25, 0.3) is 0 Å². The van der Waals surface area contributed by atoms with Gasteiger partial charge in [0.1, 0.15) is 0 Å². The molecule has 2 saturated heterocycles. The van der Waals surface area contributed by atoms with Gasteiger partial charge in [0.15, 0.2) is 5.13 Å². The molecule has 0 amide bonds. The van der Waals surface area contributed by atoms with E-state index in [4.69, 9.17) is 9.72 Å². The Morgan fingerprint density at radius 2 is 2.04 bits per heavy atom. The maximum Gasteiger partial charge on any atom is 0.186 e. The first-order chi connectivity index (χ1) is 11.2. The molecule has 1 atom stereocenters. The summed E-state index contributed by atoms with van der Waals surface area (Å²) in [7, 11) is 0. The molecule has 3 heterocycles. The maximum absolute atomic E-state index is 5.48. The van der Waals surface area contributed by atoms with E-state index in [1.54, 1.807) is 0 Å². The molecule has 2 aromatic rings. The van der Waals surface area contributed by atoms with Crippen molar-refractivity contribution < 1.29 is 4.74 Å². The van der Waals surface area contributed by atoms with E-state index in [1.165, 1.54) is 27.3 Å². The lowest BCUT2D eigenvalue weighted by Crippen LogP contribution is -2.44. The van der Waals surface area contributed by atoms with E-state index in [9.17, 15) is 0 Å². The van der Waals surface area contributed by atoms with Gasteiger partial charge in [-0.05, 0) is 24.0 Å². The summed E-state index contributed by atoms with van der Waals surface area (Å²) < 4.78 is 6.80. The number of ether oxygens (including phenoxy) is 1. The van der Waals surface area contributed by atoms with Crippen molar-refractivity contribution >= 4 is 26.7 Å². The number of aromatic nitrogens is 1. The molecule has 5 heteroatoms. The molecule has 2 fully saturated rings. The normalized spacial score (nSPS) is 23.3. The number of rotatable bonds is 3. The average molecular weight is 331 g/mol. The fourth-order valence-electron chi connectivity index (χ4n) is 3.72. The first-order valence-corrected chi connectivity index (χ1v) is 9.50. The number of morpholine rings is 1. The monoisotopic (exact) mass is 331 g/mol. The fraction of sp³-hybridized carbons (Fsp3) is 0.611. The van der Waals surface area contributed by atoms with Crippen molar-refractivity contribution in [3.8, 4) is 0 Å². The SMILES string of the molecule is CC(C)c1cccc2sc(N3CCC(N4CCOCC4)C3)nc12. The standard InChI is InChI=1S/C18H25N3OS/c1-13(2)15-4-3-5-16-17(15)19-18(23-16)21-7-6-14(12-21)20-8-10-22-11-9-20/h3-5,13-14H,6-12H2,1-2H3. The zero-order valence-electron chi connectivity index (χ0n) is 14.0. The van der Waals surface area contributed by atoms with E-state index in [-0.39, 0.29) is 0 Å². The fourth-order valence-corrected chi connectivity index (χ4v) is 4.75. The van der Waals surface area contributed by atoms with Crippen LogP contribution in [0.25, 0.3) is 10.2 Å². The molecule has 0 aliphatic carbocycles. The molecule has 1 unspecified atom stereocenters. The topological polar surface area (TPSA) is 28.6 Å². The lowest BCUT2D eigenvalue weighted by Gasteiger charge is -2.32. The van der Waals surface area contributed by atoms with Crippen LogP contribution in [0.5, 0.6) is 0 Å². The Balaban J connectivity index is 1.54. The molecule has 0 N–H and O–H groups in total. The summed E-state index contributed by atoms with van der Waals surface area (Å²) >= 11 is 1.85. The van der Waals surface area contributed by atoms with Crippen LogP contribution in [-0.4, -0.2) is 55.3 Å². The van der Waals surface area contributed by atoms with Crippen LogP contribution in [-0.2, 0) is 4.74 Å². The molecule has 124 valence electrons. The number of hydrogen-bond donors (Lipinski definition) is 0. The molecule has 4 nitrogen and oxygen atoms in total. The zero-order valence-corrected chi connectivity index (χ0v) is 14.8. The second-order valence-electron chi connectivity index (χ2n) is 6.88. The molecule has 23 heavy (non-hydrogen) atoms. The highest BCUT2D eigenvalue weighted by Crippen LogP contribution is 2.35. The molecular formula is C18H25N3OS. The van der Waals surface area contributed by atoms with Crippen LogP contribution in [0.3, 0.4) is 0 Å². The Bertz CT molecular complexity index is 678. The minimum absolute atomic E-state index is 0.522. The van der Waals surface area contributed by atoms with Gasteiger partial charge in [0, 0.05) is 32.2 Å². The second kappa shape index (κ2) is 6.38. The quantitative estimate of drug-likeness (QED) is 0.862. The predicted octanol–water partition coefficient (Wildman–Crippen LogP) is 3.33. The van der Waals surface area contributed by atoms with Gasteiger partial charge in [-0.25, -0.2) is 4.98 Å². The van der Waals surface area contributed by atoms with Crippen molar-refractivity contribution in [2.24, 2.45) is 0 Å². The van der Waals surface area contributed by atoms with Gasteiger partial charge in [0.2, 0.25) is 0 Å². The molecule has 0 radical (unpaired) electrons. The van der Waals surface area contributed by atoms with Gasteiger partial charge in [-0.15, -0.1) is 0 Å². The number of thiazole rings is 1. The number of hydrogen-bond acceptors (Lipinski definition) is 5. The average Bonchev–Trinajstić information content (AvgIpc) is 3.21. The van der Waals surface area contributed by atoms with Crippen molar-refractivity contribution in [1.29, 1.82) is 0 Å². The van der Waals surface area contributed by atoms with Crippen LogP contribution >= 0.6 is 11.3 Å². The highest BCUT2D eigenvalue weighted by molar-refractivity contribution is 7.22. The van der Waals surface area contributed by atoms with Gasteiger partial charge in [0.05, 0.1) is 23.4 Å². The number of nitrogens with zero attached hydrogens (tertiary/aromatic N) is 3. The smallest absolute Gasteiger partial charge is 0.186 e. The van der Waals surface area contributed by atoms with Crippen LogP contribution in [0.15, 0.2) is 18.2 Å². The number of anilines is 1. The van der Waals surface area contributed by atoms with Crippen molar-refractivity contribution in [3.63, 3.8) is 0 Å². The third kappa shape index (κ3) is 2.97. The van der Waals surface area contributed by atoms with E-state index in [2.05, 4.69) is 41.8 Å². The highest BCUT2D eigenvalue weighted by Gasteiger charge is 2.30. The van der Waals surface area contributed by atoms with E-state index < -0.39 is 0 Å². The molecule has 0 saturated carbocycles. The van der Waals surface area contributed by atoms with Crippen LogP contribution in [0.2, 0.25) is 0 Å². The molecule has 0 spiro atoms. The Morgan fingerprint density at radius 3 is 2.83 bits per heavy atom. The molecule has 4 rings (SSSR count). The first-order valence-electron chi connectivity index (χ1n) is 8.68. The van der Waals surface area contributed by atoms with E-state index in [0.29, 0.717) is 12.0 Å². The van der Waals surface area contributed by atoms with Crippen LogP contribution in [0, 0.1) is 0 Å². The van der Waals surface area contributed by atoms with Crippen molar-refractivity contribution in [2.75, 3.05) is 44.3 Å². The van der Waals surface area contributed by atoms with Gasteiger partial charge < -0.3 is 9.64 Å². The summed E-state index contributed by atoms with van der Waals surface area (Å²) in [5, 5.41) is 1.20. The lowest BCUT2D eigenvalue weighted by atomic mass is 10.0. The molecule has 1 aromatic heterocycles. The number of fused-ring (bicyclic) bond motifs is 1. The predicted molar refractivity (Wildman–Crippen MR) is 96.7 cm³/mol. The largest absolute Gasteiger partial charge is 0.379 e. The van der Waals surface area contributed by atoms with Crippen LogP contribution in [0.1, 0.15) is 31.7 Å². The van der Waals surface area contributed by atoms with Gasteiger partial charge in [-0.1, -0.05) is 37.3 Å². The van der Waals surface area contributed by atoms with E-state index in [0.717, 1.165) is 39.4 Å². The molecule has 2 aliphatic rings. The van der Waals surface area contributed by atoms with Crippen LogP contribution < -0.4 is 4.90 Å². The molecule has 2 aliphatic heterocycles. The van der Waals surface area contributed by atoms with E-state index in [1.807, 2.05) is 11.3 Å². The summed E-state index contributed by atoms with van der Waals surface area (Å²) in [6.45, 7) is 10.7. The Labute approximate surface area is 142 Å². The second-order valence-corrected chi connectivity index (χ2v) is 7.89. The highest BCUT2D eigenvalue weighted by atomic mass is 32.1. The first kappa shape index (κ1) is 15.4. The zero-order chi connectivity index (χ0) is 15.8. The van der Waals surface area contributed by atoms with Gasteiger partial charge in [-0.2, -0.15) is 0 Å². The van der Waals surface area contributed by atoms with Crippen molar-refractivity contribution in [3.05, 3.63) is 23.8 Å². The molecule has 0 bridgehead atoms. The minimum Gasteiger partial charge on any atom is -0.379 e. The third-order valence-electron chi connectivity index (χ3n) is 5.06. The summed E-state index contributed by atoms with van der Waals surface area (Å²) in [6, 6.07) is 7.25. The molecule has 1 aromatic carbocycles. The van der Waals surface area contributed by atoms with Crippen molar-refractivity contribution in [2.45, 2.75) is 32.2 Å². The Morgan fingerprint density at radius 1 is 1.22 bits per heavy atom. The number of para-hydroxylation sites is 1.